The second-order valence-corrected chi connectivity index (χ2v) is 12.7. The predicted octanol–water partition coefficient (Wildman–Crippen LogP) is 6.38. The standard InChI is InChI=1S/C38H66O10/c1-3-5-7-9-11-13-14-15-16-17-18-19-21-22-24-26-33(40)45-29-31(47-34(41)27-25-23-20-12-10-8-6-4-2)30-46-38-37(44)36(43)35(42)32(28-39)48-38/h5,7,11,13,15-16,31-32,35-39,42-44H,3-4,6,8-10,12,14,17-30H2,1-2H3/b7-5+,13-11+,16-15+/t31-,32-,35+,36?,37?,38-/m0/s1. The Morgan fingerprint density at radius 3 is 1.85 bits per heavy atom. The molecule has 0 spiro atoms. The Kier molecular flexibility index (Phi) is 27.3. The summed E-state index contributed by atoms with van der Waals surface area (Å²) in [7, 11) is 0. The van der Waals surface area contributed by atoms with Gasteiger partial charge >= 0.3 is 11.9 Å². The predicted molar refractivity (Wildman–Crippen MR) is 187 cm³/mol. The highest BCUT2D eigenvalue weighted by atomic mass is 16.7. The highest BCUT2D eigenvalue weighted by molar-refractivity contribution is 5.70. The Balaban J connectivity index is 2.40. The third-order valence-corrected chi connectivity index (χ3v) is 8.29. The summed E-state index contributed by atoms with van der Waals surface area (Å²) in [5.74, 6) is -0.835. The fourth-order valence-corrected chi connectivity index (χ4v) is 5.32. The molecule has 0 amide bonds. The van der Waals surface area contributed by atoms with Gasteiger partial charge in [-0.15, -0.1) is 0 Å². The first kappa shape index (κ1) is 43.9. The smallest absolute Gasteiger partial charge is 0.306 e. The van der Waals surface area contributed by atoms with Crippen molar-refractivity contribution in [1.29, 1.82) is 0 Å². The molecule has 1 fully saturated rings. The van der Waals surface area contributed by atoms with E-state index in [2.05, 4.69) is 50.3 Å². The molecule has 1 heterocycles. The molecule has 1 aliphatic rings. The van der Waals surface area contributed by atoms with Crippen LogP contribution in [-0.2, 0) is 28.5 Å². The normalized spacial score (nSPS) is 22.2. The highest BCUT2D eigenvalue weighted by Crippen LogP contribution is 2.22. The Morgan fingerprint density at radius 2 is 1.23 bits per heavy atom. The van der Waals surface area contributed by atoms with Crippen molar-refractivity contribution in [3.05, 3.63) is 36.5 Å². The van der Waals surface area contributed by atoms with Crippen LogP contribution in [-0.4, -0.2) is 89.0 Å². The Bertz CT molecular complexity index is 887. The average Bonchev–Trinajstić information content (AvgIpc) is 3.08. The molecule has 0 aromatic heterocycles. The third-order valence-electron chi connectivity index (χ3n) is 8.29. The number of carbonyl (C=O) groups is 2. The summed E-state index contributed by atoms with van der Waals surface area (Å²) in [6, 6.07) is 0. The molecule has 10 heteroatoms. The summed E-state index contributed by atoms with van der Waals surface area (Å²) in [5, 5.41) is 39.8. The zero-order chi connectivity index (χ0) is 35.2. The van der Waals surface area contributed by atoms with E-state index in [0.29, 0.717) is 12.8 Å². The van der Waals surface area contributed by atoms with Crippen LogP contribution in [0.25, 0.3) is 0 Å². The molecule has 0 bridgehead atoms. The van der Waals surface area contributed by atoms with E-state index in [1.54, 1.807) is 0 Å². The molecule has 1 rings (SSSR count). The van der Waals surface area contributed by atoms with E-state index in [0.717, 1.165) is 70.6 Å². The molecular formula is C38H66O10. The van der Waals surface area contributed by atoms with Gasteiger partial charge in [0.05, 0.1) is 13.2 Å². The summed E-state index contributed by atoms with van der Waals surface area (Å²) in [4.78, 5) is 25.0. The maximum atomic E-state index is 12.6. The second kappa shape index (κ2) is 29.8. The SMILES string of the molecule is CC/C=C/C/C=C/C/C=C/CCCCCCCC(=O)OC[C@@H](CO[C@H]1O[C@@H](CO)[C@@H](O)C(O)C1O)OC(=O)CCCCCCCCCC. The third kappa shape index (κ3) is 21.8. The van der Waals surface area contributed by atoms with Crippen LogP contribution >= 0.6 is 0 Å². The van der Waals surface area contributed by atoms with Crippen LogP contribution in [0.4, 0.5) is 0 Å². The minimum Gasteiger partial charge on any atom is -0.462 e. The van der Waals surface area contributed by atoms with Crippen molar-refractivity contribution in [3.63, 3.8) is 0 Å². The van der Waals surface area contributed by atoms with Crippen LogP contribution < -0.4 is 0 Å². The zero-order valence-corrected chi connectivity index (χ0v) is 29.7. The molecule has 2 unspecified atom stereocenters. The molecule has 10 nitrogen and oxygen atoms in total. The van der Waals surface area contributed by atoms with Crippen LogP contribution in [0.3, 0.4) is 0 Å². The van der Waals surface area contributed by atoms with E-state index in [9.17, 15) is 30.0 Å². The van der Waals surface area contributed by atoms with E-state index in [-0.39, 0.29) is 26.1 Å². The van der Waals surface area contributed by atoms with Gasteiger partial charge in [-0.1, -0.05) is 115 Å². The zero-order valence-electron chi connectivity index (χ0n) is 29.7. The number of unbranched alkanes of at least 4 members (excludes halogenated alkanes) is 12. The molecule has 0 aromatic carbocycles. The molecule has 0 saturated carbocycles. The lowest BCUT2D eigenvalue weighted by atomic mass is 9.99. The number of hydrogen-bond acceptors (Lipinski definition) is 10. The quantitative estimate of drug-likeness (QED) is 0.0397. The minimum atomic E-state index is -1.59. The minimum absolute atomic E-state index is 0.225. The van der Waals surface area contributed by atoms with Crippen molar-refractivity contribution >= 4 is 11.9 Å². The molecule has 48 heavy (non-hydrogen) atoms. The van der Waals surface area contributed by atoms with Gasteiger partial charge in [-0.25, -0.2) is 0 Å². The van der Waals surface area contributed by atoms with E-state index < -0.39 is 55.4 Å². The van der Waals surface area contributed by atoms with Gasteiger partial charge in [0.2, 0.25) is 0 Å². The van der Waals surface area contributed by atoms with Gasteiger partial charge in [0.15, 0.2) is 12.4 Å². The van der Waals surface area contributed by atoms with Crippen molar-refractivity contribution in [2.24, 2.45) is 0 Å². The van der Waals surface area contributed by atoms with Crippen molar-refractivity contribution in [3.8, 4) is 0 Å². The Hall–Kier alpha value is -2.08. The van der Waals surface area contributed by atoms with E-state index in [1.165, 1.54) is 25.7 Å². The number of ether oxygens (including phenoxy) is 4. The van der Waals surface area contributed by atoms with Gasteiger partial charge in [-0.3, -0.25) is 9.59 Å². The maximum Gasteiger partial charge on any atom is 0.306 e. The fraction of sp³-hybridized carbons (Fsp3) is 0.789. The monoisotopic (exact) mass is 682 g/mol. The van der Waals surface area contributed by atoms with Crippen LogP contribution in [0.1, 0.15) is 136 Å². The summed E-state index contributed by atoms with van der Waals surface area (Å²) < 4.78 is 22.0. The number of aliphatic hydroxyl groups is 4. The van der Waals surface area contributed by atoms with E-state index >= 15 is 0 Å². The van der Waals surface area contributed by atoms with Crippen LogP contribution in [0, 0.1) is 0 Å². The number of carbonyl (C=O) groups excluding carboxylic acids is 2. The van der Waals surface area contributed by atoms with Crippen molar-refractivity contribution in [2.75, 3.05) is 19.8 Å². The van der Waals surface area contributed by atoms with Gasteiger partial charge in [0.1, 0.15) is 31.0 Å². The first-order chi connectivity index (χ1) is 23.3. The average molecular weight is 683 g/mol. The number of esters is 2. The number of aliphatic hydroxyl groups excluding tert-OH is 4. The van der Waals surface area contributed by atoms with Gasteiger partial charge in [-0.2, -0.15) is 0 Å². The van der Waals surface area contributed by atoms with Crippen LogP contribution in [0.15, 0.2) is 36.5 Å². The molecule has 1 saturated heterocycles. The Labute approximate surface area is 289 Å². The largest absolute Gasteiger partial charge is 0.462 e. The van der Waals surface area contributed by atoms with Crippen molar-refractivity contribution in [1.82, 2.24) is 0 Å². The van der Waals surface area contributed by atoms with E-state index in [4.69, 9.17) is 18.9 Å². The second-order valence-electron chi connectivity index (χ2n) is 12.7. The molecule has 0 radical (unpaired) electrons. The molecular weight excluding hydrogens is 616 g/mol. The molecule has 0 aliphatic carbocycles. The summed E-state index contributed by atoms with van der Waals surface area (Å²) in [6.45, 7) is 3.22. The van der Waals surface area contributed by atoms with Gasteiger partial charge in [-0.05, 0) is 44.9 Å². The van der Waals surface area contributed by atoms with Crippen LogP contribution in [0.2, 0.25) is 0 Å². The van der Waals surface area contributed by atoms with E-state index in [1.807, 2.05) is 0 Å². The Morgan fingerprint density at radius 1 is 0.667 bits per heavy atom. The lowest BCUT2D eigenvalue weighted by Crippen LogP contribution is -2.59. The first-order valence-electron chi connectivity index (χ1n) is 18.6. The molecule has 4 N–H and O–H groups in total. The molecule has 6 atom stereocenters. The molecule has 278 valence electrons. The number of hydrogen-bond donors (Lipinski definition) is 4. The summed E-state index contributed by atoms with van der Waals surface area (Å²) in [5.41, 5.74) is 0. The van der Waals surface area contributed by atoms with Crippen molar-refractivity contribution in [2.45, 2.75) is 173 Å². The number of rotatable bonds is 29. The maximum absolute atomic E-state index is 12.6. The number of allylic oxidation sites excluding steroid dienone is 6. The topological polar surface area (TPSA) is 152 Å². The van der Waals surface area contributed by atoms with Gasteiger partial charge < -0.3 is 39.4 Å². The van der Waals surface area contributed by atoms with Crippen LogP contribution in [0.5, 0.6) is 0 Å². The molecule has 0 aromatic rings. The van der Waals surface area contributed by atoms with Crippen molar-refractivity contribution < 1.29 is 49.0 Å². The lowest BCUT2D eigenvalue weighted by Gasteiger charge is -2.39. The highest BCUT2D eigenvalue weighted by Gasteiger charge is 2.44. The van der Waals surface area contributed by atoms with Gasteiger partial charge in [0.25, 0.3) is 0 Å². The fourth-order valence-electron chi connectivity index (χ4n) is 5.32. The molecule has 1 aliphatic heterocycles. The summed E-state index contributed by atoms with van der Waals surface area (Å²) in [6.07, 6.45) is 23.1. The van der Waals surface area contributed by atoms with Gasteiger partial charge in [0, 0.05) is 12.8 Å². The first-order valence-corrected chi connectivity index (χ1v) is 18.6. The summed E-state index contributed by atoms with van der Waals surface area (Å²) >= 11 is 0. The lowest BCUT2D eigenvalue weighted by molar-refractivity contribution is -0.305.